The van der Waals surface area contributed by atoms with Gasteiger partial charge in [-0.25, -0.2) is 9.37 Å². The van der Waals surface area contributed by atoms with E-state index in [4.69, 9.17) is 11.6 Å². The Labute approximate surface area is 165 Å². The smallest absolute Gasteiger partial charge is 0.199 e. The quantitative estimate of drug-likeness (QED) is 0.549. The Kier molecular flexibility index (Phi) is 5.98. The molecule has 5 nitrogen and oxygen atoms in total. The molecule has 2 heterocycles. The maximum atomic E-state index is 15.3. The average molecular weight is 391 g/mol. The Morgan fingerprint density at radius 3 is 2.78 bits per heavy atom. The van der Waals surface area contributed by atoms with Crippen LogP contribution in [-0.2, 0) is 0 Å². The Bertz CT molecular complexity index is 926. The SMILES string of the molecule is CC[C@@H](N[C@@H](C)c1cnc[nH]1)c1ccc(Cl)c(C(=O)c2cccnc2)c1F.[HH].[HH]. The fourth-order valence-corrected chi connectivity index (χ4v) is 3.24. The summed E-state index contributed by atoms with van der Waals surface area (Å²) in [5, 5.41) is 3.46. The first-order valence-corrected chi connectivity index (χ1v) is 9.07. The first-order chi connectivity index (χ1) is 13.0. The van der Waals surface area contributed by atoms with Crippen molar-refractivity contribution < 1.29 is 12.0 Å². The highest BCUT2D eigenvalue weighted by molar-refractivity contribution is 6.35. The van der Waals surface area contributed by atoms with Gasteiger partial charge in [-0.3, -0.25) is 9.78 Å². The molecule has 3 aromatic rings. The molecule has 0 amide bonds. The second kappa shape index (κ2) is 8.41. The fraction of sp³-hybridized carbons (Fsp3) is 0.250. The van der Waals surface area contributed by atoms with Gasteiger partial charge in [-0.05, 0) is 31.5 Å². The number of rotatable bonds is 7. The number of nitrogens with one attached hydrogen (secondary N) is 2. The van der Waals surface area contributed by atoms with Crippen LogP contribution in [0, 0.1) is 5.82 Å². The molecule has 0 saturated heterocycles. The molecule has 1 aromatic carbocycles. The standard InChI is InChI=1S/C20H20ClFN4O.2H2/c1-3-16(26-12(2)17-10-24-11-25-17)14-6-7-15(21)18(19(14)22)20(27)13-5-4-8-23-9-13;;/h4-12,16,26H,3H2,1-2H3,(H,24,25);2*1H/t12-,16+;;/m0../s1. The van der Waals surface area contributed by atoms with Crippen LogP contribution in [0.3, 0.4) is 0 Å². The highest BCUT2D eigenvalue weighted by atomic mass is 35.5. The molecule has 0 radical (unpaired) electrons. The number of pyridine rings is 1. The zero-order valence-corrected chi connectivity index (χ0v) is 15.8. The molecule has 0 fully saturated rings. The van der Waals surface area contributed by atoms with Crippen LogP contribution in [0.4, 0.5) is 4.39 Å². The summed E-state index contributed by atoms with van der Waals surface area (Å²) in [6, 6.07) is 6.05. The molecule has 2 N–H and O–H groups in total. The Morgan fingerprint density at radius 2 is 2.15 bits per heavy atom. The van der Waals surface area contributed by atoms with Gasteiger partial charge in [0.25, 0.3) is 0 Å². The average Bonchev–Trinajstić information content (AvgIpc) is 3.22. The number of aromatic amines is 1. The number of aromatic nitrogens is 3. The van der Waals surface area contributed by atoms with E-state index in [0.717, 1.165) is 5.69 Å². The summed E-state index contributed by atoms with van der Waals surface area (Å²) in [4.78, 5) is 23.7. The van der Waals surface area contributed by atoms with Gasteiger partial charge in [-0.1, -0.05) is 24.6 Å². The summed E-state index contributed by atoms with van der Waals surface area (Å²) in [5.74, 6) is -1.09. The second-order valence-corrected chi connectivity index (χ2v) is 6.66. The van der Waals surface area contributed by atoms with Crippen molar-refractivity contribution in [3.05, 3.63) is 82.4 Å². The maximum Gasteiger partial charge on any atom is 0.199 e. The Morgan fingerprint density at radius 1 is 1.33 bits per heavy atom. The van der Waals surface area contributed by atoms with E-state index in [1.807, 2.05) is 13.8 Å². The molecule has 7 heteroatoms. The lowest BCUT2D eigenvalue weighted by Gasteiger charge is -2.23. The topological polar surface area (TPSA) is 70.7 Å². The van der Waals surface area contributed by atoms with Gasteiger partial charge in [0.15, 0.2) is 5.78 Å². The molecule has 0 unspecified atom stereocenters. The summed E-state index contributed by atoms with van der Waals surface area (Å²) in [5.41, 5.74) is 1.47. The molecular formula is C20H24ClFN4O. The Balaban J connectivity index is 0.00000210. The molecule has 0 aliphatic rings. The number of ketones is 1. The molecular weight excluding hydrogens is 367 g/mol. The number of H-pyrrole nitrogens is 1. The molecule has 0 bridgehead atoms. The number of carbonyl (C=O) groups is 1. The van der Waals surface area contributed by atoms with Crippen molar-refractivity contribution in [1.29, 1.82) is 0 Å². The minimum Gasteiger partial charge on any atom is -0.347 e. The van der Waals surface area contributed by atoms with Crippen LogP contribution in [0.25, 0.3) is 0 Å². The molecule has 0 spiro atoms. The third-order valence-electron chi connectivity index (χ3n) is 4.49. The van der Waals surface area contributed by atoms with Crippen molar-refractivity contribution in [2.45, 2.75) is 32.4 Å². The van der Waals surface area contributed by atoms with Crippen molar-refractivity contribution in [2.24, 2.45) is 0 Å². The minimum absolute atomic E-state index is 0. The molecule has 0 saturated carbocycles. The van der Waals surface area contributed by atoms with Gasteiger partial charge >= 0.3 is 0 Å². The molecule has 144 valence electrons. The van der Waals surface area contributed by atoms with E-state index in [0.29, 0.717) is 17.5 Å². The van der Waals surface area contributed by atoms with E-state index < -0.39 is 11.6 Å². The normalized spacial score (nSPS) is 13.3. The second-order valence-electron chi connectivity index (χ2n) is 6.25. The summed E-state index contributed by atoms with van der Waals surface area (Å²) >= 11 is 6.17. The Hall–Kier alpha value is -2.57. The van der Waals surface area contributed by atoms with Crippen LogP contribution in [0.15, 0.2) is 49.2 Å². The van der Waals surface area contributed by atoms with Crippen molar-refractivity contribution >= 4 is 17.4 Å². The van der Waals surface area contributed by atoms with E-state index in [1.54, 1.807) is 43.0 Å². The van der Waals surface area contributed by atoms with E-state index in [2.05, 4.69) is 20.3 Å². The first-order valence-electron chi connectivity index (χ1n) is 8.69. The van der Waals surface area contributed by atoms with Crippen LogP contribution in [0.5, 0.6) is 0 Å². The van der Waals surface area contributed by atoms with Crippen molar-refractivity contribution in [3.8, 4) is 0 Å². The van der Waals surface area contributed by atoms with E-state index in [-0.39, 0.29) is 25.5 Å². The van der Waals surface area contributed by atoms with E-state index in [9.17, 15) is 4.79 Å². The minimum atomic E-state index is -0.604. The van der Waals surface area contributed by atoms with Crippen molar-refractivity contribution in [2.75, 3.05) is 0 Å². The number of hydrogen-bond acceptors (Lipinski definition) is 4. The summed E-state index contributed by atoms with van der Waals surface area (Å²) in [6.45, 7) is 3.92. The molecule has 0 aliphatic carbocycles. The van der Waals surface area contributed by atoms with Crippen molar-refractivity contribution in [1.82, 2.24) is 20.3 Å². The molecule has 2 aromatic heterocycles. The van der Waals surface area contributed by atoms with Crippen LogP contribution < -0.4 is 5.32 Å². The predicted molar refractivity (Wildman–Crippen MR) is 106 cm³/mol. The van der Waals surface area contributed by atoms with Gasteiger partial charge in [0.2, 0.25) is 0 Å². The highest BCUT2D eigenvalue weighted by Gasteiger charge is 2.25. The van der Waals surface area contributed by atoms with Gasteiger partial charge in [0.05, 0.1) is 22.6 Å². The first kappa shape index (κ1) is 19.2. The maximum absolute atomic E-state index is 15.3. The highest BCUT2D eigenvalue weighted by Crippen LogP contribution is 2.30. The summed E-state index contributed by atoms with van der Waals surface area (Å²) in [6.07, 6.45) is 6.92. The number of hydrogen-bond donors (Lipinski definition) is 2. The summed E-state index contributed by atoms with van der Waals surface area (Å²) in [7, 11) is 0. The molecule has 2 atom stereocenters. The lowest BCUT2D eigenvalue weighted by molar-refractivity contribution is 0.103. The van der Waals surface area contributed by atoms with Gasteiger partial charge in [-0.2, -0.15) is 0 Å². The monoisotopic (exact) mass is 390 g/mol. The van der Waals surface area contributed by atoms with Crippen LogP contribution in [0.1, 0.15) is 62.4 Å². The number of nitrogens with zero attached hydrogens (tertiary/aromatic N) is 2. The van der Waals surface area contributed by atoms with E-state index >= 15 is 4.39 Å². The van der Waals surface area contributed by atoms with Crippen LogP contribution in [0.2, 0.25) is 5.02 Å². The van der Waals surface area contributed by atoms with Gasteiger partial charge < -0.3 is 10.3 Å². The predicted octanol–water partition coefficient (Wildman–Crippen LogP) is 5.12. The van der Waals surface area contributed by atoms with E-state index in [1.165, 1.54) is 6.20 Å². The number of benzene rings is 1. The van der Waals surface area contributed by atoms with Crippen LogP contribution >= 0.6 is 11.6 Å². The third kappa shape index (κ3) is 4.07. The van der Waals surface area contributed by atoms with Crippen molar-refractivity contribution in [3.63, 3.8) is 0 Å². The van der Waals surface area contributed by atoms with Gasteiger partial charge in [0, 0.05) is 44.7 Å². The number of carbonyl (C=O) groups excluding carboxylic acids is 1. The van der Waals surface area contributed by atoms with Gasteiger partial charge in [-0.15, -0.1) is 0 Å². The molecule has 3 rings (SSSR count). The number of halogens is 2. The number of imidazole rings is 1. The third-order valence-corrected chi connectivity index (χ3v) is 4.81. The fourth-order valence-electron chi connectivity index (χ4n) is 3.01. The largest absolute Gasteiger partial charge is 0.347 e. The lowest BCUT2D eigenvalue weighted by atomic mass is 9.96. The zero-order chi connectivity index (χ0) is 19.4. The molecule has 27 heavy (non-hydrogen) atoms. The zero-order valence-electron chi connectivity index (χ0n) is 15.0. The lowest BCUT2D eigenvalue weighted by Crippen LogP contribution is -2.26. The van der Waals surface area contributed by atoms with Crippen LogP contribution in [-0.4, -0.2) is 20.7 Å². The summed E-state index contributed by atoms with van der Waals surface area (Å²) < 4.78 is 15.3. The molecule has 0 aliphatic heterocycles. The van der Waals surface area contributed by atoms with Gasteiger partial charge in [0.1, 0.15) is 5.82 Å².